The Hall–Kier alpha value is -0.510. The van der Waals surface area contributed by atoms with Crippen molar-refractivity contribution in [3.63, 3.8) is 0 Å². The third-order valence-electron chi connectivity index (χ3n) is 3.48. The van der Waals surface area contributed by atoms with E-state index in [0.717, 1.165) is 25.6 Å². The molecule has 0 aliphatic carbocycles. The van der Waals surface area contributed by atoms with E-state index in [-0.39, 0.29) is 0 Å². The van der Waals surface area contributed by atoms with Crippen LogP contribution < -0.4 is 5.32 Å². The minimum atomic E-state index is 0.723. The van der Waals surface area contributed by atoms with Crippen molar-refractivity contribution >= 4 is 11.8 Å². The van der Waals surface area contributed by atoms with Gasteiger partial charge in [0, 0.05) is 13.7 Å². The normalized spacial score (nSPS) is 12.6. The monoisotopic (exact) mass is 295 g/mol. The second-order valence-electron chi connectivity index (χ2n) is 5.39. The van der Waals surface area contributed by atoms with Gasteiger partial charge in [-0.1, -0.05) is 29.8 Å². The summed E-state index contributed by atoms with van der Waals surface area (Å²) in [7, 11) is 1.75. The lowest BCUT2D eigenvalue weighted by atomic mass is 9.94. The maximum atomic E-state index is 5.09. The van der Waals surface area contributed by atoms with Crippen molar-refractivity contribution in [3.05, 3.63) is 35.4 Å². The van der Waals surface area contributed by atoms with Crippen molar-refractivity contribution in [1.29, 1.82) is 0 Å². The minimum absolute atomic E-state index is 0.723. The molecule has 0 spiro atoms. The quantitative estimate of drug-likeness (QED) is 0.631. The average molecular weight is 295 g/mol. The van der Waals surface area contributed by atoms with Crippen molar-refractivity contribution in [2.45, 2.75) is 26.2 Å². The second-order valence-corrected chi connectivity index (χ2v) is 6.38. The highest BCUT2D eigenvalue weighted by atomic mass is 32.2. The molecular formula is C17H29NOS. The molecule has 1 atom stereocenters. The highest BCUT2D eigenvalue weighted by Crippen LogP contribution is 2.16. The lowest BCUT2D eigenvalue weighted by molar-refractivity contribution is 0.197. The van der Waals surface area contributed by atoms with Gasteiger partial charge in [-0.25, -0.2) is 0 Å². The minimum Gasteiger partial charge on any atom is -0.383 e. The summed E-state index contributed by atoms with van der Waals surface area (Å²) < 4.78 is 5.09. The van der Waals surface area contributed by atoms with E-state index >= 15 is 0 Å². The molecule has 0 saturated heterocycles. The number of benzene rings is 1. The molecular weight excluding hydrogens is 266 g/mol. The molecule has 1 aromatic rings. The summed E-state index contributed by atoms with van der Waals surface area (Å²) in [6.07, 6.45) is 5.97. The Kier molecular flexibility index (Phi) is 9.81. The maximum absolute atomic E-state index is 5.09. The van der Waals surface area contributed by atoms with Gasteiger partial charge in [0.1, 0.15) is 0 Å². The van der Waals surface area contributed by atoms with E-state index in [0.29, 0.717) is 0 Å². The molecule has 114 valence electrons. The number of hydrogen-bond acceptors (Lipinski definition) is 3. The highest BCUT2D eigenvalue weighted by Gasteiger charge is 2.09. The molecule has 0 aromatic heterocycles. The van der Waals surface area contributed by atoms with Crippen molar-refractivity contribution < 1.29 is 4.74 Å². The van der Waals surface area contributed by atoms with Crippen LogP contribution in [-0.4, -0.2) is 38.8 Å². The molecule has 0 heterocycles. The number of aryl methyl sites for hydroxylation is 1. The standard InChI is InChI=1S/C17H29NOS/c1-15-6-4-7-16(12-15)13-17(8-5-11-20-3)14-18-9-10-19-2/h4,6-7,12,17-18H,5,8-11,13-14H2,1-3H3. The Morgan fingerprint density at radius 1 is 1.35 bits per heavy atom. The molecule has 0 aliphatic rings. The Labute approximate surface area is 128 Å². The van der Waals surface area contributed by atoms with Crippen molar-refractivity contribution in [2.75, 3.05) is 38.8 Å². The molecule has 1 aromatic carbocycles. The highest BCUT2D eigenvalue weighted by molar-refractivity contribution is 7.98. The van der Waals surface area contributed by atoms with Gasteiger partial charge in [-0.15, -0.1) is 0 Å². The van der Waals surface area contributed by atoms with Crippen molar-refractivity contribution in [3.8, 4) is 0 Å². The lowest BCUT2D eigenvalue weighted by Crippen LogP contribution is -2.27. The Morgan fingerprint density at radius 2 is 2.20 bits per heavy atom. The van der Waals surface area contributed by atoms with Gasteiger partial charge in [-0.05, 0) is 56.2 Å². The predicted octanol–water partition coefficient (Wildman–Crippen LogP) is 3.53. The summed E-state index contributed by atoms with van der Waals surface area (Å²) in [6.45, 7) is 5.00. The van der Waals surface area contributed by atoms with Gasteiger partial charge < -0.3 is 10.1 Å². The lowest BCUT2D eigenvalue weighted by Gasteiger charge is -2.18. The zero-order valence-electron chi connectivity index (χ0n) is 13.2. The second kappa shape index (κ2) is 11.2. The first-order valence-corrected chi connectivity index (χ1v) is 8.89. The first-order chi connectivity index (χ1) is 9.76. The molecule has 0 bridgehead atoms. The number of hydrogen-bond donors (Lipinski definition) is 1. The van der Waals surface area contributed by atoms with Crippen LogP contribution in [0.15, 0.2) is 24.3 Å². The predicted molar refractivity (Wildman–Crippen MR) is 90.7 cm³/mol. The summed E-state index contributed by atoms with van der Waals surface area (Å²) in [6, 6.07) is 8.91. The third kappa shape index (κ3) is 7.93. The summed E-state index contributed by atoms with van der Waals surface area (Å²) in [5, 5.41) is 3.52. The molecule has 0 saturated carbocycles. The first kappa shape index (κ1) is 17.5. The summed E-state index contributed by atoms with van der Waals surface area (Å²) >= 11 is 1.94. The van der Waals surface area contributed by atoms with Crippen LogP contribution in [0.1, 0.15) is 24.0 Å². The van der Waals surface area contributed by atoms with Gasteiger partial charge >= 0.3 is 0 Å². The first-order valence-electron chi connectivity index (χ1n) is 7.50. The fourth-order valence-corrected chi connectivity index (χ4v) is 2.90. The molecule has 1 unspecified atom stereocenters. The zero-order valence-corrected chi connectivity index (χ0v) is 14.0. The van der Waals surface area contributed by atoms with Crippen LogP contribution in [0, 0.1) is 12.8 Å². The fourth-order valence-electron chi connectivity index (χ4n) is 2.45. The van der Waals surface area contributed by atoms with Crippen molar-refractivity contribution in [2.24, 2.45) is 5.92 Å². The fraction of sp³-hybridized carbons (Fsp3) is 0.647. The van der Waals surface area contributed by atoms with Gasteiger partial charge in [0.25, 0.3) is 0 Å². The van der Waals surface area contributed by atoms with Gasteiger partial charge in [0.05, 0.1) is 6.61 Å². The van der Waals surface area contributed by atoms with Gasteiger partial charge in [-0.3, -0.25) is 0 Å². The molecule has 20 heavy (non-hydrogen) atoms. The Bertz CT molecular complexity index is 357. The van der Waals surface area contributed by atoms with E-state index in [9.17, 15) is 0 Å². The van der Waals surface area contributed by atoms with Crippen LogP contribution in [0.3, 0.4) is 0 Å². The van der Waals surface area contributed by atoms with Crippen LogP contribution in [-0.2, 0) is 11.2 Å². The summed E-state index contributed by atoms with van der Waals surface area (Å²) in [5.74, 6) is 1.99. The smallest absolute Gasteiger partial charge is 0.0587 e. The topological polar surface area (TPSA) is 21.3 Å². The van der Waals surface area contributed by atoms with Crippen molar-refractivity contribution in [1.82, 2.24) is 5.32 Å². The largest absolute Gasteiger partial charge is 0.383 e. The number of ether oxygens (including phenoxy) is 1. The van der Waals surface area contributed by atoms with E-state index in [2.05, 4.69) is 42.8 Å². The number of thioether (sulfide) groups is 1. The summed E-state index contributed by atoms with van der Waals surface area (Å²) in [5.41, 5.74) is 2.82. The van der Waals surface area contributed by atoms with Gasteiger partial charge in [0.2, 0.25) is 0 Å². The molecule has 2 nitrogen and oxygen atoms in total. The average Bonchev–Trinajstić information content (AvgIpc) is 2.43. The van der Waals surface area contributed by atoms with Crippen LogP contribution in [0.5, 0.6) is 0 Å². The van der Waals surface area contributed by atoms with Crippen LogP contribution in [0.4, 0.5) is 0 Å². The molecule has 1 N–H and O–H groups in total. The molecule has 0 radical (unpaired) electrons. The summed E-state index contributed by atoms with van der Waals surface area (Å²) in [4.78, 5) is 0. The van der Waals surface area contributed by atoms with Crippen LogP contribution >= 0.6 is 11.8 Å². The van der Waals surface area contributed by atoms with Gasteiger partial charge in [-0.2, -0.15) is 11.8 Å². The third-order valence-corrected chi connectivity index (χ3v) is 4.18. The molecule has 0 aliphatic heterocycles. The molecule has 0 fully saturated rings. The molecule has 0 amide bonds. The SMILES string of the molecule is COCCNCC(CCCSC)Cc1cccc(C)c1. The Balaban J connectivity index is 2.43. The Morgan fingerprint density at radius 3 is 2.90 bits per heavy atom. The zero-order chi connectivity index (χ0) is 14.6. The van der Waals surface area contributed by atoms with E-state index in [1.165, 1.54) is 36.1 Å². The number of nitrogens with one attached hydrogen (secondary N) is 1. The van der Waals surface area contributed by atoms with E-state index in [1.807, 2.05) is 11.8 Å². The number of rotatable bonds is 11. The van der Waals surface area contributed by atoms with E-state index in [1.54, 1.807) is 7.11 Å². The van der Waals surface area contributed by atoms with E-state index in [4.69, 9.17) is 4.74 Å². The maximum Gasteiger partial charge on any atom is 0.0587 e. The van der Waals surface area contributed by atoms with E-state index < -0.39 is 0 Å². The van der Waals surface area contributed by atoms with Gasteiger partial charge in [0.15, 0.2) is 0 Å². The number of methoxy groups -OCH3 is 1. The van der Waals surface area contributed by atoms with Crippen LogP contribution in [0.2, 0.25) is 0 Å². The molecule has 3 heteroatoms. The molecule has 1 rings (SSSR count). The van der Waals surface area contributed by atoms with Crippen LogP contribution in [0.25, 0.3) is 0 Å².